The van der Waals surface area contributed by atoms with Crippen molar-refractivity contribution < 1.29 is 15.0 Å². The van der Waals surface area contributed by atoms with E-state index < -0.39 is 5.97 Å². The zero-order valence-corrected chi connectivity index (χ0v) is 8.97. The number of rotatable bonds is 3. The summed E-state index contributed by atoms with van der Waals surface area (Å²) >= 11 is 0. The first-order valence-corrected chi connectivity index (χ1v) is 5.08. The van der Waals surface area contributed by atoms with Gasteiger partial charge < -0.3 is 14.8 Å². The van der Waals surface area contributed by atoms with Crippen molar-refractivity contribution in [2.24, 2.45) is 0 Å². The number of hydrogen-bond donors (Lipinski definition) is 2. The Morgan fingerprint density at radius 1 is 1.44 bits per heavy atom. The van der Waals surface area contributed by atoms with Crippen molar-refractivity contribution in [3.63, 3.8) is 0 Å². The lowest BCUT2D eigenvalue weighted by Crippen LogP contribution is -2.03. The van der Waals surface area contributed by atoms with Crippen molar-refractivity contribution in [3.05, 3.63) is 30.0 Å². The lowest BCUT2D eigenvalue weighted by Gasteiger charge is -2.02. The van der Waals surface area contributed by atoms with Gasteiger partial charge in [0.05, 0.1) is 11.9 Å². The van der Waals surface area contributed by atoms with Crippen molar-refractivity contribution in [3.8, 4) is 5.75 Å². The highest BCUT2D eigenvalue weighted by Crippen LogP contribution is 2.24. The van der Waals surface area contributed by atoms with Crippen LogP contribution >= 0.6 is 0 Å². The van der Waals surface area contributed by atoms with Crippen molar-refractivity contribution >= 4 is 16.9 Å². The molecule has 0 unspecified atom stereocenters. The van der Waals surface area contributed by atoms with Crippen LogP contribution in [0.1, 0.15) is 12.0 Å². The van der Waals surface area contributed by atoms with E-state index >= 15 is 0 Å². The van der Waals surface area contributed by atoms with Crippen molar-refractivity contribution in [2.45, 2.75) is 19.9 Å². The van der Waals surface area contributed by atoms with Crippen molar-refractivity contribution in [1.29, 1.82) is 0 Å². The zero-order valence-electron chi connectivity index (χ0n) is 8.97. The maximum Gasteiger partial charge on any atom is 0.305 e. The second-order valence-corrected chi connectivity index (χ2v) is 3.85. The summed E-state index contributed by atoms with van der Waals surface area (Å²) < 4.78 is 1.86. The molecule has 4 heteroatoms. The third-order valence-corrected chi connectivity index (χ3v) is 2.63. The van der Waals surface area contributed by atoms with Gasteiger partial charge in [-0.2, -0.15) is 0 Å². The first-order chi connectivity index (χ1) is 7.58. The lowest BCUT2D eigenvalue weighted by atomic mass is 10.2. The number of aryl methyl sites for hydroxylation is 2. The summed E-state index contributed by atoms with van der Waals surface area (Å²) in [7, 11) is 0. The summed E-state index contributed by atoms with van der Waals surface area (Å²) in [5, 5.41) is 19.1. The molecule has 1 heterocycles. The fourth-order valence-electron chi connectivity index (χ4n) is 1.87. The zero-order chi connectivity index (χ0) is 11.7. The van der Waals surface area contributed by atoms with E-state index in [1.807, 2.05) is 23.8 Å². The van der Waals surface area contributed by atoms with E-state index in [-0.39, 0.29) is 12.2 Å². The third-order valence-electron chi connectivity index (χ3n) is 2.63. The van der Waals surface area contributed by atoms with Gasteiger partial charge in [0, 0.05) is 24.2 Å². The molecule has 2 rings (SSSR count). The Bertz CT molecular complexity index is 542. The largest absolute Gasteiger partial charge is 0.508 e. The fraction of sp³-hybridized carbons (Fsp3) is 0.250. The molecule has 0 aliphatic heterocycles. The predicted molar refractivity (Wildman–Crippen MR) is 60.6 cm³/mol. The number of nitrogens with zero attached hydrogens (tertiary/aromatic N) is 1. The van der Waals surface area contributed by atoms with E-state index in [0.717, 1.165) is 16.5 Å². The van der Waals surface area contributed by atoms with Gasteiger partial charge in [-0.1, -0.05) is 0 Å². The van der Waals surface area contributed by atoms with Gasteiger partial charge in [0.1, 0.15) is 5.75 Å². The summed E-state index contributed by atoms with van der Waals surface area (Å²) in [5.74, 6) is -0.623. The maximum absolute atomic E-state index is 10.5. The molecule has 1 aromatic carbocycles. The highest BCUT2D eigenvalue weighted by Gasteiger charge is 2.07. The quantitative estimate of drug-likeness (QED) is 0.831. The molecule has 0 saturated heterocycles. The van der Waals surface area contributed by atoms with Gasteiger partial charge in [0.2, 0.25) is 0 Å². The number of hydrogen-bond acceptors (Lipinski definition) is 2. The molecule has 0 amide bonds. The van der Waals surface area contributed by atoms with E-state index in [2.05, 4.69) is 0 Å². The number of phenols is 1. The van der Waals surface area contributed by atoms with Gasteiger partial charge in [-0.25, -0.2) is 0 Å². The Morgan fingerprint density at radius 3 is 2.88 bits per heavy atom. The molecule has 0 saturated carbocycles. The minimum atomic E-state index is -0.820. The molecule has 0 aliphatic carbocycles. The van der Waals surface area contributed by atoms with Crippen LogP contribution in [0.2, 0.25) is 0 Å². The molecule has 84 valence electrons. The smallest absolute Gasteiger partial charge is 0.305 e. The Hall–Kier alpha value is -1.97. The van der Waals surface area contributed by atoms with Crippen LogP contribution in [0.15, 0.2) is 24.4 Å². The maximum atomic E-state index is 10.5. The van der Waals surface area contributed by atoms with Crippen molar-refractivity contribution in [1.82, 2.24) is 4.57 Å². The van der Waals surface area contributed by atoms with Gasteiger partial charge in [0.15, 0.2) is 0 Å². The summed E-state index contributed by atoms with van der Waals surface area (Å²) in [6.45, 7) is 2.39. The summed E-state index contributed by atoms with van der Waals surface area (Å²) in [5.41, 5.74) is 1.96. The highest BCUT2D eigenvalue weighted by molar-refractivity contribution is 5.85. The number of carbonyl (C=O) groups is 1. The van der Waals surface area contributed by atoms with Gasteiger partial charge in [-0.05, 0) is 24.6 Å². The number of carboxylic acids is 1. The van der Waals surface area contributed by atoms with Gasteiger partial charge >= 0.3 is 5.97 Å². The van der Waals surface area contributed by atoms with Gasteiger partial charge in [-0.15, -0.1) is 0 Å². The fourth-order valence-corrected chi connectivity index (χ4v) is 1.87. The van der Waals surface area contributed by atoms with Crippen LogP contribution in [0.5, 0.6) is 5.75 Å². The number of carboxylic acid groups (broad SMARTS) is 1. The monoisotopic (exact) mass is 219 g/mol. The van der Waals surface area contributed by atoms with Crippen molar-refractivity contribution in [2.75, 3.05) is 0 Å². The minimum Gasteiger partial charge on any atom is -0.508 e. The number of benzene rings is 1. The number of fused-ring (bicyclic) bond motifs is 1. The average molecular weight is 219 g/mol. The molecular formula is C12H13NO3. The molecule has 0 atom stereocenters. The standard InChI is InChI=1S/C12H13NO3/c1-8-7-13(5-4-12(15)16)11-6-9(14)2-3-10(8)11/h2-3,6-7,14H,4-5H2,1H3,(H,15,16). The predicted octanol–water partition coefficient (Wildman–Crippen LogP) is 2.13. The SMILES string of the molecule is Cc1cn(CCC(=O)O)c2cc(O)ccc12. The number of aromatic nitrogens is 1. The van der Waals surface area contributed by atoms with E-state index in [4.69, 9.17) is 5.11 Å². The number of aliphatic carboxylic acids is 1. The Morgan fingerprint density at radius 2 is 2.19 bits per heavy atom. The molecule has 0 aliphatic rings. The molecule has 0 fully saturated rings. The van der Waals surface area contributed by atoms with Crippen LogP contribution in [0, 0.1) is 6.92 Å². The molecule has 16 heavy (non-hydrogen) atoms. The van der Waals surface area contributed by atoms with Crippen LogP contribution in [0.4, 0.5) is 0 Å². The normalized spacial score (nSPS) is 10.8. The van der Waals surface area contributed by atoms with E-state index in [1.54, 1.807) is 12.1 Å². The average Bonchev–Trinajstić information content (AvgIpc) is 2.52. The second-order valence-electron chi connectivity index (χ2n) is 3.85. The molecule has 2 N–H and O–H groups in total. The van der Waals surface area contributed by atoms with E-state index in [9.17, 15) is 9.90 Å². The van der Waals surface area contributed by atoms with Crippen LogP contribution in [-0.2, 0) is 11.3 Å². The lowest BCUT2D eigenvalue weighted by molar-refractivity contribution is -0.137. The highest BCUT2D eigenvalue weighted by atomic mass is 16.4. The van der Waals surface area contributed by atoms with Crippen LogP contribution in [-0.4, -0.2) is 20.7 Å². The van der Waals surface area contributed by atoms with Gasteiger partial charge in [-0.3, -0.25) is 4.79 Å². The van der Waals surface area contributed by atoms with Crippen LogP contribution < -0.4 is 0 Å². The topological polar surface area (TPSA) is 62.5 Å². The number of aromatic hydroxyl groups is 1. The molecule has 0 bridgehead atoms. The molecule has 1 aromatic heterocycles. The van der Waals surface area contributed by atoms with Gasteiger partial charge in [0.25, 0.3) is 0 Å². The summed E-state index contributed by atoms with van der Waals surface area (Å²) in [4.78, 5) is 10.5. The first-order valence-electron chi connectivity index (χ1n) is 5.08. The summed E-state index contributed by atoms with van der Waals surface area (Å²) in [6, 6.07) is 5.14. The molecule has 2 aromatic rings. The van der Waals surface area contributed by atoms with Crippen LogP contribution in [0.25, 0.3) is 10.9 Å². The first kappa shape index (κ1) is 10.5. The van der Waals surface area contributed by atoms with E-state index in [1.165, 1.54) is 0 Å². The second kappa shape index (κ2) is 3.89. The summed E-state index contributed by atoms with van der Waals surface area (Å²) in [6.07, 6.45) is 1.99. The third kappa shape index (κ3) is 1.86. The molecular weight excluding hydrogens is 206 g/mol. The van der Waals surface area contributed by atoms with E-state index in [0.29, 0.717) is 6.54 Å². The molecule has 0 radical (unpaired) electrons. The molecule has 0 spiro atoms. The Balaban J connectivity index is 2.44. The molecule has 4 nitrogen and oxygen atoms in total. The number of phenolic OH excluding ortho intramolecular Hbond substituents is 1. The Kier molecular flexibility index (Phi) is 2.56. The Labute approximate surface area is 92.7 Å². The minimum absolute atomic E-state index is 0.0822. The van der Waals surface area contributed by atoms with Crippen LogP contribution in [0.3, 0.4) is 0 Å².